The van der Waals surface area contributed by atoms with Gasteiger partial charge in [-0.15, -0.1) is 0 Å². The molecule has 0 atom stereocenters. The molecule has 0 saturated heterocycles. The van der Waals surface area contributed by atoms with Crippen LogP contribution < -0.4 is 4.31 Å². The van der Waals surface area contributed by atoms with Gasteiger partial charge in [-0.1, -0.05) is 6.07 Å². The molecule has 2 aromatic rings. The van der Waals surface area contributed by atoms with Gasteiger partial charge < -0.3 is 0 Å². The number of nitriles is 1. The highest BCUT2D eigenvalue weighted by Crippen LogP contribution is 2.17. The third-order valence-corrected chi connectivity index (χ3v) is 4.88. The molecule has 0 amide bonds. The van der Waals surface area contributed by atoms with Crippen LogP contribution in [0.5, 0.6) is 0 Å². The predicted molar refractivity (Wildman–Crippen MR) is 81.3 cm³/mol. The first kappa shape index (κ1) is 15.0. The largest absolute Gasteiger partial charge is 0.273 e. The van der Waals surface area contributed by atoms with Crippen LogP contribution in [0.15, 0.2) is 48.7 Å². The highest BCUT2D eigenvalue weighted by Gasteiger charge is 2.18. The molecule has 0 aliphatic rings. The molecule has 2 rings (SSSR count). The summed E-state index contributed by atoms with van der Waals surface area (Å²) in [5.74, 6) is -0.0134. The molecule has 0 spiro atoms. The smallest absolute Gasteiger partial charge is 0.235 e. The Morgan fingerprint density at radius 2 is 1.90 bits per heavy atom. The maximum absolute atomic E-state index is 12.3. The molecule has 21 heavy (non-hydrogen) atoms. The van der Waals surface area contributed by atoms with E-state index in [0.29, 0.717) is 17.7 Å². The van der Waals surface area contributed by atoms with E-state index in [1.165, 1.54) is 11.4 Å². The number of nitrogens with zero attached hydrogens (tertiary/aromatic N) is 3. The molecule has 0 unspecified atom stereocenters. The van der Waals surface area contributed by atoms with Crippen LogP contribution in [0.25, 0.3) is 0 Å². The molecule has 1 aromatic carbocycles. The molecule has 0 saturated carbocycles. The minimum atomic E-state index is -3.42. The van der Waals surface area contributed by atoms with Gasteiger partial charge in [0.25, 0.3) is 0 Å². The molecule has 1 heterocycles. The molecule has 0 aliphatic carbocycles. The standard InChI is InChI=1S/C15H15N3O2S/c1-18(15-7-5-13(12-16)6-8-15)21(19,20)11-9-14-4-2-3-10-17-14/h2-8,10H,9,11H2,1H3. The van der Waals surface area contributed by atoms with E-state index >= 15 is 0 Å². The Morgan fingerprint density at radius 1 is 1.19 bits per heavy atom. The van der Waals surface area contributed by atoms with E-state index in [0.717, 1.165) is 5.69 Å². The lowest BCUT2D eigenvalue weighted by molar-refractivity contribution is 0.593. The van der Waals surface area contributed by atoms with Crippen LogP contribution >= 0.6 is 0 Å². The van der Waals surface area contributed by atoms with Crippen LogP contribution in [0.4, 0.5) is 5.69 Å². The molecule has 0 bridgehead atoms. The van der Waals surface area contributed by atoms with Crippen LogP contribution in [0.3, 0.4) is 0 Å². The number of aromatic nitrogens is 1. The van der Waals surface area contributed by atoms with Gasteiger partial charge in [0.15, 0.2) is 0 Å². The monoisotopic (exact) mass is 301 g/mol. The van der Waals surface area contributed by atoms with E-state index in [4.69, 9.17) is 5.26 Å². The zero-order valence-electron chi connectivity index (χ0n) is 11.6. The van der Waals surface area contributed by atoms with Crippen molar-refractivity contribution in [3.05, 3.63) is 59.9 Å². The first-order valence-electron chi connectivity index (χ1n) is 6.39. The highest BCUT2D eigenvalue weighted by molar-refractivity contribution is 7.92. The summed E-state index contributed by atoms with van der Waals surface area (Å²) in [6.07, 6.45) is 2.01. The van der Waals surface area contributed by atoms with Crippen molar-refractivity contribution in [3.8, 4) is 6.07 Å². The lowest BCUT2D eigenvalue weighted by Gasteiger charge is -2.19. The van der Waals surface area contributed by atoms with E-state index in [1.807, 2.05) is 12.1 Å². The van der Waals surface area contributed by atoms with Crippen molar-refractivity contribution < 1.29 is 8.42 Å². The number of anilines is 1. The number of pyridine rings is 1. The van der Waals surface area contributed by atoms with Crippen molar-refractivity contribution in [2.24, 2.45) is 0 Å². The molecular weight excluding hydrogens is 286 g/mol. The Kier molecular flexibility index (Phi) is 4.55. The summed E-state index contributed by atoms with van der Waals surface area (Å²) < 4.78 is 25.8. The van der Waals surface area contributed by atoms with Gasteiger partial charge in [0.05, 0.1) is 23.1 Å². The molecule has 0 fully saturated rings. The number of sulfonamides is 1. The number of aryl methyl sites for hydroxylation is 1. The fraction of sp³-hybridized carbons (Fsp3) is 0.200. The maximum Gasteiger partial charge on any atom is 0.235 e. The number of hydrogen-bond acceptors (Lipinski definition) is 4. The molecule has 5 nitrogen and oxygen atoms in total. The minimum Gasteiger partial charge on any atom is -0.273 e. The van der Waals surface area contributed by atoms with E-state index in [1.54, 1.807) is 42.6 Å². The fourth-order valence-electron chi connectivity index (χ4n) is 1.82. The average Bonchev–Trinajstić information content (AvgIpc) is 2.53. The molecule has 0 radical (unpaired) electrons. The summed E-state index contributed by atoms with van der Waals surface area (Å²) in [6.45, 7) is 0. The molecule has 0 N–H and O–H groups in total. The maximum atomic E-state index is 12.3. The Bertz CT molecular complexity index is 735. The van der Waals surface area contributed by atoms with Crippen LogP contribution in [0.1, 0.15) is 11.3 Å². The van der Waals surface area contributed by atoms with Crippen LogP contribution in [0.2, 0.25) is 0 Å². The summed E-state index contributed by atoms with van der Waals surface area (Å²) in [4.78, 5) is 4.12. The zero-order chi connectivity index (χ0) is 15.3. The van der Waals surface area contributed by atoms with Gasteiger partial charge in [0, 0.05) is 25.4 Å². The van der Waals surface area contributed by atoms with Crippen molar-refractivity contribution in [2.45, 2.75) is 6.42 Å². The van der Waals surface area contributed by atoms with E-state index in [2.05, 4.69) is 4.98 Å². The quantitative estimate of drug-likeness (QED) is 0.846. The van der Waals surface area contributed by atoms with Crippen molar-refractivity contribution >= 4 is 15.7 Å². The summed E-state index contributed by atoms with van der Waals surface area (Å²) in [5.41, 5.74) is 1.78. The topological polar surface area (TPSA) is 74.1 Å². The van der Waals surface area contributed by atoms with Gasteiger partial charge >= 0.3 is 0 Å². The lowest BCUT2D eigenvalue weighted by Crippen LogP contribution is -2.29. The van der Waals surface area contributed by atoms with Crippen LogP contribution in [0, 0.1) is 11.3 Å². The molecule has 0 aliphatic heterocycles. The van der Waals surface area contributed by atoms with E-state index < -0.39 is 10.0 Å². The Labute approximate surface area is 124 Å². The van der Waals surface area contributed by atoms with Crippen molar-refractivity contribution in [3.63, 3.8) is 0 Å². The number of rotatable bonds is 5. The summed E-state index contributed by atoms with van der Waals surface area (Å²) in [6, 6.07) is 13.9. The van der Waals surface area contributed by atoms with Gasteiger partial charge in [-0.25, -0.2) is 8.42 Å². The second-order valence-corrected chi connectivity index (χ2v) is 6.63. The lowest BCUT2D eigenvalue weighted by atomic mass is 10.2. The number of hydrogen-bond donors (Lipinski definition) is 0. The second kappa shape index (κ2) is 6.37. The zero-order valence-corrected chi connectivity index (χ0v) is 12.4. The molecule has 1 aromatic heterocycles. The first-order valence-corrected chi connectivity index (χ1v) is 8.00. The Morgan fingerprint density at radius 3 is 2.48 bits per heavy atom. The highest BCUT2D eigenvalue weighted by atomic mass is 32.2. The average molecular weight is 301 g/mol. The van der Waals surface area contributed by atoms with Crippen molar-refractivity contribution in [2.75, 3.05) is 17.1 Å². The van der Waals surface area contributed by atoms with Crippen LogP contribution in [-0.2, 0) is 16.4 Å². The van der Waals surface area contributed by atoms with Gasteiger partial charge in [-0.05, 0) is 36.4 Å². The molecular formula is C15H15N3O2S. The normalized spacial score (nSPS) is 10.9. The summed E-state index contributed by atoms with van der Waals surface area (Å²) in [5, 5.41) is 8.75. The Hall–Kier alpha value is -2.39. The molecule has 6 heteroatoms. The summed E-state index contributed by atoms with van der Waals surface area (Å²) >= 11 is 0. The third kappa shape index (κ3) is 3.80. The van der Waals surface area contributed by atoms with Gasteiger partial charge in [0.1, 0.15) is 0 Å². The van der Waals surface area contributed by atoms with E-state index in [9.17, 15) is 8.42 Å². The van der Waals surface area contributed by atoms with E-state index in [-0.39, 0.29) is 5.75 Å². The SMILES string of the molecule is CN(c1ccc(C#N)cc1)S(=O)(=O)CCc1ccccn1. The fourth-order valence-corrected chi connectivity index (χ4v) is 3.01. The Balaban J connectivity index is 2.09. The van der Waals surface area contributed by atoms with Crippen LogP contribution in [-0.4, -0.2) is 26.2 Å². The van der Waals surface area contributed by atoms with Crippen molar-refractivity contribution in [1.29, 1.82) is 5.26 Å². The number of benzene rings is 1. The van der Waals surface area contributed by atoms with Crippen molar-refractivity contribution in [1.82, 2.24) is 4.98 Å². The second-order valence-electron chi connectivity index (χ2n) is 4.51. The van der Waals surface area contributed by atoms with Gasteiger partial charge in [-0.3, -0.25) is 9.29 Å². The minimum absolute atomic E-state index is 0.0134. The summed E-state index contributed by atoms with van der Waals surface area (Å²) in [7, 11) is -1.91. The predicted octanol–water partition coefficient (Wildman–Crippen LogP) is 1.96. The third-order valence-electron chi connectivity index (χ3n) is 3.12. The van der Waals surface area contributed by atoms with Gasteiger partial charge in [-0.2, -0.15) is 5.26 Å². The molecule has 108 valence electrons. The first-order chi connectivity index (χ1) is 10.0. The van der Waals surface area contributed by atoms with Gasteiger partial charge in [0.2, 0.25) is 10.0 Å².